The number of aromatic nitrogens is 4. The van der Waals surface area contributed by atoms with Crippen LogP contribution in [0.3, 0.4) is 0 Å². The summed E-state index contributed by atoms with van der Waals surface area (Å²) < 4.78 is 4.81. The SMILES string of the molecule is c1ccc2cc(-c3nc(-n4c5ccc6ccccc6c5c5c6c7ccccc7n7c8ccccc8c(cc54)c67)nc4c3ccc3ccccc34)ccc2c1. The molecule has 0 N–H and O–H groups in total. The first kappa shape index (κ1) is 28.3. The van der Waals surface area contributed by atoms with Gasteiger partial charge in [0.15, 0.2) is 0 Å². The summed E-state index contributed by atoms with van der Waals surface area (Å²) in [5, 5.41) is 15.6. The molecule has 0 radical (unpaired) electrons. The van der Waals surface area contributed by atoms with Crippen molar-refractivity contribution >= 4 is 103 Å². The molecular formula is C50H28N4. The fourth-order valence-electron chi connectivity index (χ4n) is 9.50. The van der Waals surface area contributed by atoms with Gasteiger partial charge in [-0.15, -0.1) is 0 Å². The summed E-state index contributed by atoms with van der Waals surface area (Å²) in [6.45, 7) is 0. The van der Waals surface area contributed by atoms with Gasteiger partial charge in [0.1, 0.15) is 0 Å². The molecule has 0 aliphatic rings. The quantitative estimate of drug-likeness (QED) is 0.170. The van der Waals surface area contributed by atoms with Gasteiger partial charge in [0, 0.05) is 48.7 Å². The molecule has 0 spiro atoms. The van der Waals surface area contributed by atoms with E-state index in [1.807, 2.05) is 0 Å². The van der Waals surface area contributed by atoms with Crippen LogP contribution in [0.15, 0.2) is 170 Å². The van der Waals surface area contributed by atoms with Gasteiger partial charge in [-0.3, -0.25) is 4.57 Å². The number of rotatable bonds is 2. The Hall–Kier alpha value is -7.30. The van der Waals surface area contributed by atoms with Crippen LogP contribution >= 0.6 is 0 Å². The third-order valence-corrected chi connectivity index (χ3v) is 11.8. The van der Waals surface area contributed by atoms with Crippen molar-refractivity contribution in [3.05, 3.63) is 170 Å². The fourth-order valence-corrected chi connectivity index (χ4v) is 9.50. The molecule has 0 saturated heterocycles. The van der Waals surface area contributed by atoms with E-state index < -0.39 is 0 Å². The van der Waals surface area contributed by atoms with Gasteiger partial charge in [-0.2, -0.15) is 0 Å². The summed E-state index contributed by atoms with van der Waals surface area (Å²) in [6.07, 6.45) is 0. The van der Waals surface area contributed by atoms with E-state index >= 15 is 0 Å². The van der Waals surface area contributed by atoms with Crippen LogP contribution in [0.2, 0.25) is 0 Å². The second-order valence-electron chi connectivity index (χ2n) is 14.5. The Bertz CT molecular complexity index is 3740. The predicted molar refractivity (Wildman–Crippen MR) is 226 cm³/mol. The van der Waals surface area contributed by atoms with Crippen molar-refractivity contribution in [3.8, 4) is 17.2 Å². The van der Waals surface area contributed by atoms with E-state index in [1.165, 1.54) is 70.4 Å². The van der Waals surface area contributed by atoms with Gasteiger partial charge < -0.3 is 4.40 Å². The van der Waals surface area contributed by atoms with Gasteiger partial charge >= 0.3 is 0 Å². The number of para-hydroxylation sites is 2. The zero-order valence-corrected chi connectivity index (χ0v) is 29.0. The molecule has 0 atom stereocenters. The van der Waals surface area contributed by atoms with E-state index in [9.17, 15) is 0 Å². The molecule has 4 aromatic heterocycles. The molecule has 13 rings (SSSR count). The van der Waals surface area contributed by atoms with Crippen molar-refractivity contribution < 1.29 is 0 Å². The molecule has 4 nitrogen and oxygen atoms in total. The molecule has 0 fully saturated rings. The maximum absolute atomic E-state index is 5.60. The molecule has 9 aromatic carbocycles. The van der Waals surface area contributed by atoms with Crippen molar-refractivity contribution in [2.24, 2.45) is 0 Å². The minimum Gasteiger partial charge on any atom is -0.308 e. The Balaban J connectivity index is 1.27. The minimum atomic E-state index is 0.666. The second kappa shape index (κ2) is 10.2. The van der Waals surface area contributed by atoms with E-state index in [2.05, 4.69) is 179 Å². The van der Waals surface area contributed by atoms with Crippen LogP contribution in [0.1, 0.15) is 0 Å². The highest BCUT2D eigenvalue weighted by molar-refractivity contribution is 6.38. The van der Waals surface area contributed by atoms with Gasteiger partial charge in [-0.25, -0.2) is 9.97 Å². The van der Waals surface area contributed by atoms with E-state index in [1.54, 1.807) is 0 Å². The Kier molecular flexibility index (Phi) is 5.34. The van der Waals surface area contributed by atoms with Gasteiger partial charge in [-0.05, 0) is 63.3 Å². The lowest BCUT2D eigenvalue weighted by Gasteiger charge is -2.14. The zero-order chi connectivity index (χ0) is 35.1. The monoisotopic (exact) mass is 684 g/mol. The number of hydrogen-bond donors (Lipinski definition) is 0. The zero-order valence-electron chi connectivity index (χ0n) is 29.0. The molecule has 54 heavy (non-hydrogen) atoms. The van der Waals surface area contributed by atoms with E-state index in [-0.39, 0.29) is 0 Å². The van der Waals surface area contributed by atoms with Crippen molar-refractivity contribution in [1.29, 1.82) is 0 Å². The molecule has 4 heterocycles. The topological polar surface area (TPSA) is 35.1 Å². The molecule has 0 saturated carbocycles. The normalized spacial score (nSPS) is 12.4. The van der Waals surface area contributed by atoms with Crippen LogP contribution < -0.4 is 0 Å². The maximum Gasteiger partial charge on any atom is 0.235 e. The molecule has 0 aliphatic heterocycles. The molecular weight excluding hydrogens is 657 g/mol. The Morgan fingerprint density at radius 3 is 1.81 bits per heavy atom. The second-order valence-corrected chi connectivity index (χ2v) is 14.5. The largest absolute Gasteiger partial charge is 0.308 e. The van der Waals surface area contributed by atoms with Gasteiger partial charge in [0.25, 0.3) is 0 Å². The average Bonchev–Trinajstić information content (AvgIpc) is 3.88. The third kappa shape index (κ3) is 3.57. The van der Waals surface area contributed by atoms with Crippen LogP contribution in [0.4, 0.5) is 0 Å². The van der Waals surface area contributed by atoms with Gasteiger partial charge in [0.2, 0.25) is 5.95 Å². The smallest absolute Gasteiger partial charge is 0.235 e. The number of hydrogen-bond acceptors (Lipinski definition) is 2. The van der Waals surface area contributed by atoms with Crippen molar-refractivity contribution in [1.82, 2.24) is 18.9 Å². The maximum atomic E-state index is 5.60. The Labute approximate surface area is 308 Å². The summed E-state index contributed by atoms with van der Waals surface area (Å²) in [4.78, 5) is 11.2. The lowest BCUT2D eigenvalue weighted by molar-refractivity contribution is 1.02. The van der Waals surface area contributed by atoms with Crippen molar-refractivity contribution in [2.45, 2.75) is 0 Å². The number of fused-ring (bicyclic) bond motifs is 16. The van der Waals surface area contributed by atoms with Gasteiger partial charge in [0.05, 0.1) is 38.8 Å². The first-order valence-electron chi connectivity index (χ1n) is 18.5. The number of nitrogens with zero attached hydrogens (tertiary/aromatic N) is 4. The Morgan fingerprint density at radius 1 is 0.352 bits per heavy atom. The molecule has 4 heteroatoms. The first-order chi connectivity index (χ1) is 26.8. The summed E-state index contributed by atoms with van der Waals surface area (Å²) >= 11 is 0. The highest BCUT2D eigenvalue weighted by Crippen LogP contribution is 2.48. The molecule has 248 valence electrons. The molecule has 13 aromatic rings. The first-order valence-corrected chi connectivity index (χ1v) is 18.5. The predicted octanol–water partition coefficient (Wildman–Crippen LogP) is 13.0. The third-order valence-electron chi connectivity index (χ3n) is 11.8. The van der Waals surface area contributed by atoms with Crippen LogP contribution in [0.5, 0.6) is 0 Å². The van der Waals surface area contributed by atoms with Crippen LogP contribution in [-0.4, -0.2) is 18.9 Å². The van der Waals surface area contributed by atoms with Crippen LogP contribution in [-0.2, 0) is 0 Å². The van der Waals surface area contributed by atoms with Gasteiger partial charge in [-0.1, -0.05) is 133 Å². The summed E-state index contributed by atoms with van der Waals surface area (Å²) in [7, 11) is 0. The summed E-state index contributed by atoms with van der Waals surface area (Å²) in [5.41, 5.74) is 8.85. The molecule has 0 amide bonds. The fraction of sp³-hybridized carbons (Fsp3) is 0. The lowest BCUT2D eigenvalue weighted by Crippen LogP contribution is -2.04. The lowest BCUT2D eigenvalue weighted by atomic mass is 9.99. The van der Waals surface area contributed by atoms with Crippen LogP contribution in [0.25, 0.3) is 120 Å². The highest BCUT2D eigenvalue weighted by atomic mass is 15.2. The molecule has 0 aliphatic carbocycles. The summed E-state index contributed by atoms with van der Waals surface area (Å²) in [5.74, 6) is 0.666. The van der Waals surface area contributed by atoms with Crippen LogP contribution in [0, 0.1) is 0 Å². The number of benzene rings is 9. The average molecular weight is 685 g/mol. The standard InChI is InChI=1S/C50H28N4/c1-2-14-32-27-33(22-21-29(32)11-1)47-38-25-23-31-13-4-6-16-35(31)48(38)52-50(51-47)54-42-26-24-30-12-3-5-15-34(30)44(42)46-43(54)28-39-36-17-7-9-19-40(36)53-41-20-10-8-18-37(41)45(46)49(39)53/h1-28H. The summed E-state index contributed by atoms with van der Waals surface area (Å²) in [6, 6.07) is 61.6. The van der Waals surface area contributed by atoms with E-state index in [0.717, 1.165) is 44.0 Å². The van der Waals surface area contributed by atoms with Crippen molar-refractivity contribution in [2.75, 3.05) is 0 Å². The van der Waals surface area contributed by atoms with Crippen molar-refractivity contribution in [3.63, 3.8) is 0 Å². The Morgan fingerprint density at radius 2 is 0.981 bits per heavy atom. The van der Waals surface area contributed by atoms with E-state index in [0.29, 0.717) is 5.95 Å². The molecule has 0 unspecified atom stereocenters. The minimum absolute atomic E-state index is 0.666. The highest BCUT2D eigenvalue weighted by Gasteiger charge is 2.26. The van der Waals surface area contributed by atoms with E-state index in [4.69, 9.17) is 9.97 Å². The molecule has 0 bridgehead atoms.